The minimum Gasteiger partial charge on any atom is -0.449 e. The van der Waals surface area contributed by atoms with Gasteiger partial charge in [0.15, 0.2) is 11.5 Å². The number of carbonyl (C=O) groups is 2. The molecule has 2 aliphatic rings. The first-order chi connectivity index (χ1) is 15.1. The second kappa shape index (κ2) is 9.60. The minimum atomic E-state index is -0.480. The first-order valence-corrected chi connectivity index (χ1v) is 10.6. The number of hydrogen-bond donors (Lipinski definition) is 1. The molecule has 2 aromatic carbocycles. The Kier molecular flexibility index (Phi) is 6.46. The van der Waals surface area contributed by atoms with Crippen LogP contribution >= 0.6 is 0 Å². The van der Waals surface area contributed by atoms with E-state index in [0.717, 1.165) is 19.3 Å². The smallest absolute Gasteiger partial charge is 0.294 e. The highest BCUT2D eigenvalue weighted by Crippen LogP contribution is 2.35. The quantitative estimate of drug-likeness (QED) is 0.549. The Labute approximate surface area is 181 Å². The van der Waals surface area contributed by atoms with E-state index in [4.69, 9.17) is 4.74 Å². The monoisotopic (exact) mass is 420 g/mol. The van der Waals surface area contributed by atoms with Crippen molar-refractivity contribution < 1.29 is 18.7 Å². The Morgan fingerprint density at radius 1 is 1.13 bits per heavy atom. The second-order valence-electron chi connectivity index (χ2n) is 7.70. The van der Waals surface area contributed by atoms with Gasteiger partial charge in [0.25, 0.3) is 5.91 Å². The summed E-state index contributed by atoms with van der Waals surface area (Å²) in [6, 6.07) is 13.2. The maximum absolute atomic E-state index is 14.1. The van der Waals surface area contributed by atoms with Crippen molar-refractivity contribution in [2.45, 2.75) is 32.1 Å². The zero-order chi connectivity index (χ0) is 21.6. The van der Waals surface area contributed by atoms with Gasteiger partial charge in [-0.15, -0.1) is 0 Å². The number of carbonyl (C=O) groups excluding carboxylic acids is 2. The number of nitrogens with one attached hydrogen (secondary N) is 1. The Hall–Kier alpha value is -3.41. The van der Waals surface area contributed by atoms with Gasteiger partial charge in [-0.1, -0.05) is 42.0 Å². The molecule has 0 atom stereocenters. The van der Waals surface area contributed by atoms with E-state index in [1.54, 1.807) is 42.5 Å². The number of ether oxygens (including phenoxy) is 1. The summed E-state index contributed by atoms with van der Waals surface area (Å²) in [5, 5.41) is 2.91. The van der Waals surface area contributed by atoms with Crippen LogP contribution in [0, 0.1) is 5.82 Å². The lowest BCUT2D eigenvalue weighted by Crippen LogP contribution is -2.44. The number of anilines is 1. The van der Waals surface area contributed by atoms with E-state index in [0.29, 0.717) is 18.0 Å². The summed E-state index contributed by atoms with van der Waals surface area (Å²) in [6.07, 6.45) is 9.10. The predicted octanol–water partition coefficient (Wildman–Crippen LogP) is 4.60. The molecule has 1 N–H and O–H groups in total. The second-order valence-corrected chi connectivity index (χ2v) is 7.70. The SMILES string of the molecule is O=C(CN1C(=O)/C(=C/c2ccccc2F)Oc2ccccc21)NCCC1=CCCCC1. The number of halogens is 1. The molecular formula is C25H25FN2O3. The largest absolute Gasteiger partial charge is 0.449 e. The minimum absolute atomic E-state index is 0.0241. The summed E-state index contributed by atoms with van der Waals surface area (Å²) in [5.41, 5.74) is 2.15. The number of rotatable bonds is 6. The van der Waals surface area contributed by atoms with E-state index >= 15 is 0 Å². The molecule has 1 aliphatic heterocycles. The van der Waals surface area contributed by atoms with Crippen LogP contribution in [0.3, 0.4) is 0 Å². The zero-order valence-corrected chi connectivity index (χ0v) is 17.3. The van der Waals surface area contributed by atoms with Crippen molar-refractivity contribution >= 4 is 23.6 Å². The molecule has 0 spiro atoms. The fourth-order valence-electron chi connectivity index (χ4n) is 3.85. The summed E-state index contributed by atoms with van der Waals surface area (Å²) in [5.74, 6) is -0.751. The van der Waals surface area contributed by atoms with Crippen LogP contribution in [0.2, 0.25) is 0 Å². The molecule has 0 aromatic heterocycles. The molecule has 0 unspecified atom stereocenters. The normalized spacial score (nSPS) is 17.1. The Morgan fingerprint density at radius 2 is 1.94 bits per heavy atom. The van der Waals surface area contributed by atoms with Crippen LogP contribution in [-0.2, 0) is 9.59 Å². The van der Waals surface area contributed by atoms with Crippen LogP contribution in [0.25, 0.3) is 6.08 Å². The van der Waals surface area contributed by atoms with Crippen LogP contribution in [0.5, 0.6) is 5.75 Å². The van der Waals surface area contributed by atoms with Gasteiger partial charge in [-0.25, -0.2) is 4.39 Å². The van der Waals surface area contributed by atoms with Crippen molar-refractivity contribution in [3.8, 4) is 5.75 Å². The van der Waals surface area contributed by atoms with Gasteiger partial charge in [-0.3, -0.25) is 14.5 Å². The standard InChI is InChI=1S/C25H25FN2O3/c26-20-11-5-4-10-19(20)16-23-25(30)28(21-12-6-7-13-22(21)31-23)17-24(29)27-15-14-18-8-2-1-3-9-18/h4-8,10-13,16H,1-3,9,14-15,17H2,(H,27,29)/b23-16-. The van der Waals surface area contributed by atoms with Crippen LogP contribution in [0.4, 0.5) is 10.1 Å². The molecule has 6 heteroatoms. The highest BCUT2D eigenvalue weighted by molar-refractivity contribution is 6.12. The van der Waals surface area contributed by atoms with Crippen LogP contribution in [-0.4, -0.2) is 24.9 Å². The Balaban J connectivity index is 1.49. The first-order valence-electron chi connectivity index (χ1n) is 10.6. The average molecular weight is 420 g/mol. The van der Waals surface area contributed by atoms with Gasteiger partial charge >= 0.3 is 0 Å². The van der Waals surface area contributed by atoms with E-state index in [2.05, 4.69) is 11.4 Å². The molecule has 0 bridgehead atoms. The molecule has 160 valence electrons. The number of benzene rings is 2. The maximum atomic E-state index is 14.1. The lowest BCUT2D eigenvalue weighted by Gasteiger charge is -2.30. The number of allylic oxidation sites excluding steroid dienone is 1. The molecule has 2 aromatic rings. The third-order valence-corrected chi connectivity index (χ3v) is 5.48. The maximum Gasteiger partial charge on any atom is 0.294 e. The summed E-state index contributed by atoms with van der Waals surface area (Å²) < 4.78 is 19.8. The highest BCUT2D eigenvalue weighted by Gasteiger charge is 2.31. The summed E-state index contributed by atoms with van der Waals surface area (Å²) in [4.78, 5) is 27.0. The lowest BCUT2D eigenvalue weighted by atomic mass is 9.97. The Bertz CT molecular complexity index is 1040. The molecule has 0 fully saturated rings. The van der Waals surface area contributed by atoms with E-state index in [9.17, 15) is 14.0 Å². The van der Waals surface area contributed by atoms with Crippen LogP contribution in [0.15, 0.2) is 65.9 Å². The summed E-state index contributed by atoms with van der Waals surface area (Å²) in [7, 11) is 0. The highest BCUT2D eigenvalue weighted by atomic mass is 19.1. The molecule has 0 saturated heterocycles. The van der Waals surface area contributed by atoms with E-state index in [1.807, 2.05) is 0 Å². The van der Waals surface area contributed by atoms with Gasteiger partial charge in [0, 0.05) is 12.1 Å². The van der Waals surface area contributed by atoms with E-state index < -0.39 is 11.7 Å². The van der Waals surface area contributed by atoms with Crippen molar-refractivity contribution in [1.82, 2.24) is 5.32 Å². The van der Waals surface area contributed by atoms with Gasteiger partial charge in [0.2, 0.25) is 5.91 Å². The molecule has 4 rings (SSSR count). The average Bonchev–Trinajstić information content (AvgIpc) is 2.79. The van der Waals surface area contributed by atoms with E-state index in [1.165, 1.54) is 35.5 Å². The van der Waals surface area contributed by atoms with Crippen molar-refractivity contribution in [3.05, 3.63) is 77.3 Å². The topological polar surface area (TPSA) is 58.6 Å². The van der Waals surface area contributed by atoms with Gasteiger partial charge in [0.05, 0.1) is 5.69 Å². The summed E-state index contributed by atoms with van der Waals surface area (Å²) in [6.45, 7) is 0.412. The van der Waals surface area contributed by atoms with Gasteiger partial charge in [-0.05, 0) is 56.4 Å². The number of nitrogens with zero attached hydrogens (tertiary/aromatic N) is 1. The van der Waals surface area contributed by atoms with Crippen LogP contribution < -0.4 is 15.0 Å². The molecule has 5 nitrogen and oxygen atoms in total. The number of amides is 2. The Morgan fingerprint density at radius 3 is 2.74 bits per heavy atom. The number of para-hydroxylation sites is 2. The van der Waals surface area contributed by atoms with E-state index in [-0.39, 0.29) is 23.8 Å². The molecule has 1 aliphatic carbocycles. The van der Waals surface area contributed by atoms with Gasteiger partial charge in [0.1, 0.15) is 12.4 Å². The van der Waals surface area contributed by atoms with Crippen molar-refractivity contribution in [1.29, 1.82) is 0 Å². The lowest BCUT2D eigenvalue weighted by molar-refractivity contribution is -0.123. The number of fused-ring (bicyclic) bond motifs is 1. The molecule has 0 radical (unpaired) electrons. The summed E-state index contributed by atoms with van der Waals surface area (Å²) >= 11 is 0. The van der Waals surface area contributed by atoms with Gasteiger partial charge in [-0.2, -0.15) is 0 Å². The fourth-order valence-corrected chi connectivity index (χ4v) is 3.85. The van der Waals surface area contributed by atoms with Crippen molar-refractivity contribution in [2.75, 3.05) is 18.0 Å². The third-order valence-electron chi connectivity index (χ3n) is 5.48. The number of hydrogen-bond acceptors (Lipinski definition) is 3. The van der Waals surface area contributed by atoms with Gasteiger partial charge < -0.3 is 10.1 Å². The predicted molar refractivity (Wildman–Crippen MR) is 118 cm³/mol. The zero-order valence-electron chi connectivity index (χ0n) is 17.3. The van der Waals surface area contributed by atoms with Crippen molar-refractivity contribution in [2.24, 2.45) is 0 Å². The first kappa shape index (κ1) is 20.8. The molecule has 1 heterocycles. The third kappa shape index (κ3) is 5.02. The molecule has 0 saturated carbocycles. The molecule has 31 heavy (non-hydrogen) atoms. The molecule has 2 amide bonds. The molecular weight excluding hydrogens is 395 g/mol. The van der Waals surface area contributed by atoms with Crippen LogP contribution in [0.1, 0.15) is 37.7 Å². The van der Waals surface area contributed by atoms with Crippen molar-refractivity contribution in [3.63, 3.8) is 0 Å². The fraction of sp³-hybridized carbons (Fsp3) is 0.280.